The monoisotopic (exact) mass is 397 g/mol. The molecule has 0 aromatic carbocycles. The fourth-order valence-electron chi connectivity index (χ4n) is 3.00. The lowest BCUT2D eigenvalue weighted by molar-refractivity contribution is -0.137. The lowest BCUT2D eigenvalue weighted by Crippen LogP contribution is -2.26. The first-order valence-electron chi connectivity index (χ1n) is 11.4. The maximum Gasteiger partial charge on any atom is 0.407 e. The molecule has 0 aromatic heterocycles. The van der Waals surface area contributed by atoms with Crippen LogP contribution in [0.2, 0.25) is 0 Å². The lowest BCUT2D eigenvalue weighted by Gasteiger charge is -2.06. The zero-order valence-corrected chi connectivity index (χ0v) is 18.1. The highest BCUT2D eigenvalue weighted by Gasteiger charge is 2.02. The van der Waals surface area contributed by atoms with E-state index in [0.29, 0.717) is 19.6 Å². The van der Waals surface area contributed by atoms with Gasteiger partial charge in [-0.15, -0.1) is 0 Å². The highest BCUT2D eigenvalue weighted by molar-refractivity contribution is 5.68. The van der Waals surface area contributed by atoms with Crippen molar-refractivity contribution in [2.24, 2.45) is 0 Å². The Morgan fingerprint density at radius 1 is 0.786 bits per heavy atom. The summed E-state index contributed by atoms with van der Waals surface area (Å²) in [5.41, 5.74) is 0. The number of rotatable bonds is 20. The molecule has 0 saturated heterocycles. The van der Waals surface area contributed by atoms with Crippen LogP contribution in [0.25, 0.3) is 0 Å². The molecule has 0 aliphatic rings. The molecule has 0 aliphatic carbocycles. The van der Waals surface area contributed by atoms with Crippen LogP contribution >= 0.6 is 0 Å². The molecule has 0 atom stereocenters. The van der Waals surface area contributed by atoms with Crippen LogP contribution in [0.1, 0.15) is 110 Å². The Balaban J connectivity index is 3.19. The van der Waals surface area contributed by atoms with Crippen LogP contribution in [0.15, 0.2) is 12.2 Å². The van der Waals surface area contributed by atoms with Crippen molar-refractivity contribution in [3.63, 3.8) is 0 Å². The van der Waals surface area contributed by atoms with E-state index in [0.717, 1.165) is 12.8 Å². The summed E-state index contributed by atoms with van der Waals surface area (Å²) in [6, 6.07) is 0. The third kappa shape index (κ3) is 22.5. The van der Waals surface area contributed by atoms with Crippen LogP contribution in [-0.2, 0) is 9.53 Å². The van der Waals surface area contributed by atoms with Crippen molar-refractivity contribution in [1.29, 1.82) is 0 Å². The van der Waals surface area contributed by atoms with E-state index in [4.69, 9.17) is 9.84 Å². The zero-order valence-electron chi connectivity index (χ0n) is 18.1. The summed E-state index contributed by atoms with van der Waals surface area (Å²) in [5.74, 6) is -0.848. The van der Waals surface area contributed by atoms with E-state index in [-0.39, 0.29) is 6.42 Å². The van der Waals surface area contributed by atoms with Crippen LogP contribution in [0, 0.1) is 0 Å². The van der Waals surface area contributed by atoms with E-state index in [1.165, 1.54) is 77.0 Å². The second-order valence-corrected chi connectivity index (χ2v) is 7.50. The van der Waals surface area contributed by atoms with Crippen LogP contribution in [0.5, 0.6) is 0 Å². The Hall–Kier alpha value is -1.52. The number of allylic oxidation sites excluding steroid dienone is 2. The standard InChI is InChI=1S/C23H43NO4/c1-2-3-4-5-6-7-8-9-10-11-12-13-14-15-16-17-21-28-23(27)24-20-18-19-22(25)26/h9-10H,2-8,11-21H2,1H3,(H,24,27)(H,25,26). The Morgan fingerprint density at radius 2 is 1.32 bits per heavy atom. The average Bonchev–Trinajstić information content (AvgIpc) is 2.67. The molecular weight excluding hydrogens is 354 g/mol. The summed E-state index contributed by atoms with van der Waals surface area (Å²) in [6.07, 6.45) is 22.3. The number of hydrogen-bond acceptors (Lipinski definition) is 3. The summed E-state index contributed by atoms with van der Waals surface area (Å²) in [7, 11) is 0. The molecular formula is C23H43NO4. The molecule has 5 heteroatoms. The van der Waals surface area contributed by atoms with Gasteiger partial charge in [-0.3, -0.25) is 4.79 Å². The molecule has 0 rings (SSSR count). The van der Waals surface area contributed by atoms with E-state index in [9.17, 15) is 9.59 Å². The van der Waals surface area contributed by atoms with Gasteiger partial charge in [0.05, 0.1) is 6.61 Å². The number of nitrogens with one attached hydrogen (secondary N) is 1. The molecule has 0 spiro atoms. The van der Waals surface area contributed by atoms with Crippen molar-refractivity contribution < 1.29 is 19.4 Å². The van der Waals surface area contributed by atoms with Gasteiger partial charge in [0, 0.05) is 13.0 Å². The Bertz CT molecular complexity index is 396. The van der Waals surface area contributed by atoms with Gasteiger partial charge < -0.3 is 15.2 Å². The maximum atomic E-state index is 11.4. The topological polar surface area (TPSA) is 75.6 Å². The van der Waals surface area contributed by atoms with Gasteiger partial charge in [-0.25, -0.2) is 4.79 Å². The highest BCUT2D eigenvalue weighted by atomic mass is 16.5. The molecule has 5 nitrogen and oxygen atoms in total. The van der Waals surface area contributed by atoms with Crippen molar-refractivity contribution in [3.8, 4) is 0 Å². The van der Waals surface area contributed by atoms with E-state index >= 15 is 0 Å². The fraction of sp³-hybridized carbons (Fsp3) is 0.826. The Labute approximate surface area is 172 Å². The normalized spacial score (nSPS) is 11.0. The Kier molecular flexibility index (Phi) is 20.6. The van der Waals surface area contributed by atoms with Crippen molar-refractivity contribution >= 4 is 12.1 Å². The first-order valence-corrected chi connectivity index (χ1v) is 11.4. The summed E-state index contributed by atoms with van der Waals surface area (Å²) >= 11 is 0. The van der Waals surface area contributed by atoms with Gasteiger partial charge in [0.15, 0.2) is 0 Å². The van der Waals surface area contributed by atoms with E-state index in [2.05, 4.69) is 24.4 Å². The number of carboxylic acids is 1. The summed E-state index contributed by atoms with van der Waals surface area (Å²) in [6.45, 7) is 3.04. The van der Waals surface area contributed by atoms with Gasteiger partial charge in [0.2, 0.25) is 0 Å². The second-order valence-electron chi connectivity index (χ2n) is 7.50. The molecule has 0 aliphatic heterocycles. The largest absolute Gasteiger partial charge is 0.481 e. The third-order valence-corrected chi connectivity index (χ3v) is 4.73. The van der Waals surface area contributed by atoms with Crippen LogP contribution in [0.3, 0.4) is 0 Å². The molecule has 2 N–H and O–H groups in total. The fourth-order valence-corrected chi connectivity index (χ4v) is 3.00. The smallest absolute Gasteiger partial charge is 0.407 e. The number of ether oxygens (including phenoxy) is 1. The van der Waals surface area contributed by atoms with Gasteiger partial charge in [0.25, 0.3) is 0 Å². The molecule has 0 radical (unpaired) electrons. The minimum Gasteiger partial charge on any atom is -0.481 e. The van der Waals surface area contributed by atoms with Crippen LogP contribution < -0.4 is 5.32 Å². The summed E-state index contributed by atoms with van der Waals surface area (Å²) < 4.78 is 5.06. The van der Waals surface area contributed by atoms with Crippen LogP contribution in [-0.4, -0.2) is 30.3 Å². The van der Waals surface area contributed by atoms with E-state index < -0.39 is 12.1 Å². The predicted molar refractivity (Wildman–Crippen MR) is 116 cm³/mol. The van der Waals surface area contributed by atoms with Crippen molar-refractivity contribution in [3.05, 3.63) is 12.2 Å². The minimum absolute atomic E-state index is 0.0647. The number of carbonyl (C=O) groups excluding carboxylic acids is 1. The summed E-state index contributed by atoms with van der Waals surface area (Å²) in [4.78, 5) is 21.7. The molecule has 0 unspecified atom stereocenters. The molecule has 0 bridgehead atoms. The SMILES string of the molecule is CCCCCCCCC=CCCCCCCCCOC(=O)NCCCC(=O)O. The first-order chi connectivity index (χ1) is 13.7. The number of hydrogen-bond donors (Lipinski definition) is 2. The van der Waals surface area contributed by atoms with E-state index in [1.54, 1.807) is 0 Å². The second kappa shape index (κ2) is 21.8. The number of aliphatic carboxylic acids is 1. The molecule has 0 saturated carbocycles. The number of amides is 1. The lowest BCUT2D eigenvalue weighted by atomic mass is 10.1. The van der Waals surface area contributed by atoms with E-state index in [1.807, 2.05) is 0 Å². The Morgan fingerprint density at radius 3 is 1.89 bits per heavy atom. The number of alkyl carbamates (subject to hydrolysis) is 1. The van der Waals surface area contributed by atoms with Gasteiger partial charge in [-0.2, -0.15) is 0 Å². The molecule has 0 heterocycles. The number of carbonyl (C=O) groups is 2. The quantitative estimate of drug-likeness (QED) is 0.179. The zero-order chi connectivity index (χ0) is 20.7. The predicted octanol–water partition coefficient (Wildman–Crippen LogP) is 6.61. The van der Waals surface area contributed by atoms with Gasteiger partial charge in [-0.1, -0.05) is 76.9 Å². The third-order valence-electron chi connectivity index (χ3n) is 4.73. The molecule has 0 fully saturated rings. The molecule has 164 valence electrons. The average molecular weight is 398 g/mol. The maximum absolute atomic E-state index is 11.4. The highest BCUT2D eigenvalue weighted by Crippen LogP contribution is 2.10. The van der Waals surface area contributed by atoms with Crippen LogP contribution in [0.4, 0.5) is 4.79 Å². The first kappa shape index (κ1) is 26.5. The van der Waals surface area contributed by atoms with Gasteiger partial charge >= 0.3 is 12.1 Å². The van der Waals surface area contributed by atoms with Gasteiger partial charge in [-0.05, 0) is 38.5 Å². The number of unbranched alkanes of at least 4 members (excludes halogenated alkanes) is 12. The number of carboxylic acid groups (broad SMARTS) is 1. The van der Waals surface area contributed by atoms with Crippen molar-refractivity contribution in [1.82, 2.24) is 5.32 Å². The minimum atomic E-state index is -0.848. The molecule has 28 heavy (non-hydrogen) atoms. The molecule has 1 amide bonds. The van der Waals surface area contributed by atoms with Gasteiger partial charge in [0.1, 0.15) is 0 Å². The van der Waals surface area contributed by atoms with Crippen molar-refractivity contribution in [2.45, 2.75) is 110 Å². The summed E-state index contributed by atoms with van der Waals surface area (Å²) in [5, 5.41) is 11.1. The molecule has 0 aromatic rings. The van der Waals surface area contributed by atoms with Crippen molar-refractivity contribution in [2.75, 3.05) is 13.2 Å².